The second-order valence-electron chi connectivity index (χ2n) is 4.03. The molecule has 0 fully saturated rings. The summed E-state index contributed by atoms with van der Waals surface area (Å²) in [6.45, 7) is -1.08. The van der Waals surface area contributed by atoms with Crippen molar-refractivity contribution in [2.24, 2.45) is 0 Å². The summed E-state index contributed by atoms with van der Waals surface area (Å²) in [5.41, 5.74) is -1.19. The summed E-state index contributed by atoms with van der Waals surface area (Å²) in [6, 6.07) is 10.4. The number of Topliss-reactive ketones (excluding diaryl/α,β-unsaturated/α-hetero) is 1. The van der Waals surface area contributed by atoms with E-state index in [1.54, 1.807) is 24.3 Å². The molecule has 2 nitrogen and oxygen atoms in total. The van der Waals surface area contributed by atoms with Gasteiger partial charge in [-0.25, -0.2) is 4.39 Å². The van der Waals surface area contributed by atoms with Crippen LogP contribution in [0, 0.1) is 0 Å². The van der Waals surface area contributed by atoms with Gasteiger partial charge in [-0.2, -0.15) is 0 Å². The lowest BCUT2D eigenvalue weighted by molar-refractivity contribution is 0.0196. The normalized spacial score (nSPS) is 23.0. The summed E-state index contributed by atoms with van der Waals surface area (Å²) in [6.07, 6.45) is 0. The number of carbonyl (C=O) groups is 1. The lowest BCUT2D eigenvalue weighted by atomic mass is 9.95. The molecule has 80 valence electrons. The van der Waals surface area contributed by atoms with E-state index in [4.69, 9.17) is 0 Å². The van der Waals surface area contributed by atoms with Crippen LogP contribution < -0.4 is 0 Å². The first-order chi connectivity index (χ1) is 7.68. The number of carbonyl (C=O) groups excluding carboxylic acids is 1. The Morgan fingerprint density at radius 3 is 2.56 bits per heavy atom. The SMILES string of the molecule is O=C1c2cccc3cccc(c23)C1(O)CF. The molecule has 1 aliphatic carbocycles. The average molecular weight is 216 g/mol. The number of aliphatic hydroxyl groups is 1. The summed E-state index contributed by atoms with van der Waals surface area (Å²) in [5.74, 6) is -0.540. The van der Waals surface area contributed by atoms with Crippen LogP contribution in [0.25, 0.3) is 10.8 Å². The van der Waals surface area contributed by atoms with Gasteiger partial charge in [0.25, 0.3) is 0 Å². The minimum atomic E-state index is -1.98. The molecule has 0 radical (unpaired) electrons. The molecule has 2 aromatic carbocycles. The van der Waals surface area contributed by atoms with Gasteiger partial charge in [-0.3, -0.25) is 4.79 Å². The Morgan fingerprint density at radius 1 is 1.19 bits per heavy atom. The van der Waals surface area contributed by atoms with Crippen LogP contribution in [0.2, 0.25) is 0 Å². The molecular formula is C13H9FO2. The molecule has 1 aliphatic rings. The first-order valence-corrected chi connectivity index (χ1v) is 5.04. The van der Waals surface area contributed by atoms with E-state index >= 15 is 0 Å². The highest BCUT2D eigenvalue weighted by Gasteiger charge is 2.45. The Labute approximate surface area is 91.3 Å². The smallest absolute Gasteiger partial charge is 0.202 e. The number of alkyl halides is 1. The highest BCUT2D eigenvalue weighted by Crippen LogP contribution is 2.40. The molecule has 2 aromatic rings. The number of ketones is 1. The van der Waals surface area contributed by atoms with Gasteiger partial charge >= 0.3 is 0 Å². The van der Waals surface area contributed by atoms with Crippen molar-refractivity contribution in [3.8, 4) is 0 Å². The van der Waals surface area contributed by atoms with Crippen LogP contribution in [0.3, 0.4) is 0 Å². The van der Waals surface area contributed by atoms with Crippen LogP contribution in [0.4, 0.5) is 4.39 Å². The molecule has 0 heterocycles. The van der Waals surface area contributed by atoms with Gasteiger partial charge in [0, 0.05) is 11.1 Å². The molecule has 16 heavy (non-hydrogen) atoms. The van der Waals surface area contributed by atoms with Crippen LogP contribution in [0.1, 0.15) is 15.9 Å². The topological polar surface area (TPSA) is 37.3 Å². The molecule has 3 rings (SSSR count). The van der Waals surface area contributed by atoms with Gasteiger partial charge in [0.1, 0.15) is 6.67 Å². The molecule has 0 saturated carbocycles. The van der Waals surface area contributed by atoms with Crippen molar-refractivity contribution in [2.75, 3.05) is 6.67 Å². The quantitative estimate of drug-likeness (QED) is 0.793. The monoisotopic (exact) mass is 216 g/mol. The van der Waals surface area contributed by atoms with Crippen LogP contribution >= 0.6 is 0 Å². The summed E-state index contributed by atoms with van der Waals surface area (Å²) < 4.78 is 13.0. The zero-order valence-corrected chi connectivity index (χ0v) is 8.40. The predicted octanol–water partition coefficient (Wildman–Crippen LogP) is 2.19. The van der Waals surface area contributed by atoms with E-state index in [0.717, 1.165) is 5.39 Å². The zero-order chi connectivity index (χ0) is 11.3. The minimum absolute atomic E-state index is 0.383. The molecule has 0 saturated heterocycles. The zero-order valence-electron chi connectivity index (χ0n) is 8.40. The van der Waals surface area contributed by atoms with E-state index < -0.39 is 18.1 Å². The van der Waals surface area contributed by atoms with E-state index in [-0.39, 0.29) is 0 Å². The van der Waals surface area contributed by atoms with Gasteiger partial charge < -0.3 is 5.11 Å². The first-order valence-electron chi connectivity index (χ1n) is 5.04. The molecular weight excluding hydrogens is 207 g/mol. The summed E-state index contributed by atoms with van der Waals surface area (Å²) in [4.78, 5) is 11.9. The Morgan fingerprint density at radius 2 is 1.88 bits per heavy atom. The highest BCUT2D eigenvalue weighted by molar-refractivity contribution is 6.19. The van der Waals surface area contributed by atoms with E-state index in [0.29, 0.717) is 16.5 Å². The van der Waals surface area contributed by atoms with Gasteiger partial charge in [0.15, 0.2) is 5.60 Å². The molecule has 0 bridgehead atoms. The fourth-order valence-corrected chi connectivity index (χ4v) is 2.35. The summed E-state index contributed by atoms with van der Waals surface area (Å²) in [5, 5.41) is 11.6. The van der Waals surface area contributed by atoms with Crippen molar-refractivity contribution in [2.45, 2.75) is 5.60 Å². The lowest BCUT2D eigenvalue weighted by Gasteiger charge is -2.17. The van der Waals surface area contributed by atoms with E-state index in [2.05, 4.69) is 0 Å². The van der Waals surface area contributed by atoms with E-state index in [9.17, 15) is 14.3 Å². The van der Waals surface area contributed by atoms with Crippen molar-refractivity contribution in [3.63, 3.8) is 0 Å². The Kier molecular flexibility index (Phi) is 1.71. The van der Waals surface area contributed by atoms with Crippen LogP contribution in [0.15, 0.2) is 36.4 Å². The fraction of sp³-hybridized carbons (Fsp3) is 0.154. The Bertz CT molecular complexity index is 601. The third kappa shape index (κ3) is 0.913. The number of benzene rings is 2. The maximum atomic E-state index is 13.0. The Hall–Kier alpha value is -1.74. The summed E-state index contributed by atoms with van der Waals surface area (Å²) in [7, 11) is 0. The van der Waals surface area contributed by atoms with Crippen molar-refractivity contribution in [1.29, 1.82) is 0 Å². The lowest BCUT2D eigenvalue weighted by Crippen LogP contribution is -2.34. The third-order valence-corrected chi connectivity index (χ3v) is 3.16. The Balaban J connectivity index is 2.49. The highest BCUT2D eigenvalue weighted by atomic mass is 19.1. The van der Waals surface area contributed by atoms with Crippen molar-refractivity contribution >= 4 is 16.6 Å². The second-order valence-corrected chi connectivity index (χ2v) is 4.03. The van der Waals surface area contributed by atoms with E-state index in [1.165, 1.54) is 0 Å². The minimum Gasteiger partial charge on any atom is -0.374 e. The van der Waals surface area contributed by atoms with Crippen molar-refractivity contribution in [3.05, 3.63) is 47.5 Å². The van der Waals surface area contributed by atoms with Crippen molar-refractivity contribution in [1.82, 2.24) is 0 Å². The van der Waals surface area contributed by atoms with Gasteiger partial charge in [-0.1, -0.05) is 36.4 Å². The molecule has 1 N–H and O–H groups in total. The van der Waals surface area contributed by atoms with Gasteiger partial charge in [0.2, 0.25) is 5.78 Å². The molecule has 0 aliphatic heterocycles. The maximum Gasteiger partial charge on any atom is 0.202 e. The van der Waals surface area contributed by atoms with Crippen molar-refractivity contribution < 1.29 is 14.3 Å². The van der Waals surface area contributed by atoms with Gasteiger partial charge in [-0.15, -0.1) is 0 Å². The predicted molar refractivity (Wildman–Crippen MR) is 58.2 cm³/mol. The summed E-state index contributed by atoms with van der Waals surface area (Å²) >= 11 is 0. The third-order valence-electron chi connectivity index (χ3n) is 3.16. The maximum absolute atomic E-state index is 13.0. The van der Waals surface area contributed by atoms with Crippen LogP contribution in [-0.4, -0.2) is 17.6 Å². The second kappa shape index (κ2) is 2.89. The standard InChI is InChI=1S/C13H9FO2/c14-7-13(16)10-6-2-4-8-3-1-5-9(11(8)10)12(13)15/h1-6,16H,7H2. The van der Waals surface area contributed by atoms with Crippen LogP contribution in [0.5, 0.6) is 0 Å². The molecule has 0 aromatic heterocycles. The number of hydrogen-bond acceptors (Lipinski definition) is 2. The van der Waals surface area contributed by atoms with Gasteiger partial charge in [0.05, 0.1) is 0 Å². The van der Waals surface area contributed by atoms with E-state index in [1.807, 2.05) is 12.1 Å². The number of hydrogen-bond donors (Lipinski definition) is 1. The first kappa shape index (κ1) is 9.48. The molecule has 0 amide bonds. The van der Waals surface area contributed by atoms with Crippen LogP contribution in [-0.2, 0) is 5.60 Å². The average Bonchev–Trinajstić information content (AvgIpc) is 2.55. The molecule has 0 spiro atoms. The van der Waals surface area contributed by atoms with Gasteiger partial charge in [-0.05, 0) is 10.8 Å². The largest absolute Gasteiger partial charge is 0.374 e. The number of rotatable bonds is 1. The molecule has 1 atom stereocenters. The number of halogens is 1. The molecule has 3 heteroatoms. The molecule has 1 unspecified atom stereocenters. The fourth-order valence-electron chi connectivity index (χ4n) is 2.35.